The van der Waals surface area contributed by atoms with E-state index in [2.05, 4.69) is 27.7 Å². The first-order valence-electron chi connectivity index (χ1n) is 9.58. The first kappa shape index (κ1) is 21.7. The molecular weight excluding hydrogens is 350 g/mol. The molecule has 0 N–H and O–H groups in total. The van der Waals surface area contributed by atoms with Gasteiger partial charge in [-0.05, 0) is 50.8 Å². The molecule has 0 unspecified atom stereocenters. The van der Waals surface area contributed by atoms with E-state index in [-0.39, 0.29) is 16.9 Å². The number of benzene rings is 2. The molecule has 0 bridgehead atoms. The molecule has 0 fully saturated rings. The van der Waals surface area contributed by atoms with Crippen LogP contribution in [0.15, 0.2) is 48.5 Å². The minimum Gasteiger partial charge on any atom is -0.488 e. The van der Waals surface area contributed by atoms with Crippen LogP contribution in [0.4, 0.5) is 0 Å². The predicted molar refractivity (Wildman–Crippen MR) is 113 cm³/mol. The number of amides is 1. The molecular formula is C24H31NO3. The van der Waals surface area contributed by atoms with Crippen molar-refractivity contribution < 1.29 is 14.3 Å². The van der Waals surface area contributed by atoms with Crippen LogP contribution < -0.4 is 4.74 Å². The van der Waals surface area contributed by atoms with E-state index >= 15 is 0 Å². The Bertz CT molecular complexity index is 822. The zero-order valence-electron chi connectivity index (χ0n) is 17.8. The van der Waals surface area contributed by atoms with Crippen molar-refractivity contribution in [2.24, 2.45) is 5.41 Å². The fourth-order valence-corrected chi connectivity index (χ4v) is 3.88. The standard InChI is InChI=1S/C24H31NO3/c1-18-11-13-20(14-12-18)28-24(4,5)16-23(2,3)17-25(6)22(27)21-10-8-7-9-19(21)15-26/h7-15H,16-17H2,1-6H3. The van der Waals surface area contributed by atoms with Crippen LogP contribution >= 0.6 is 0 Å². The van der Waals surface area contributed by atoms with Crippen LogP contribution in [0.3, 0.4) is 0 Å². The second-order valence-electron chi connectivity index (χ2n) is 8.88. The third-order valence-electron chi connectivity index (χ3n) is 4.65. The molecule has 0 spiro atoms. The average Bonchev–Trinajstić information content (AvgIpc) is 2.61. The summed E-state index contributed by atoms with van der Waals surface area (Å²) in [5.41, 5.74) is 1.49. The molecule has 150 valence electrons. The fourth-order valence-electron chi connectivity index (χ4n) is 3.88. The molecule has 0 aliphatic rings. The molecule has 4 nitrogen and oxygen atoms in total. The monoisotopic (exact) mass is 381 g/mol. The molecule has 2 aromatic rings. The minimum atomic E-state index is -0.386. The van der Waals surface area contributed by atoms with Crippen molar-refractivity contribution in [3.63, 3.8) is 0 Å². The quantitative estimate of drug-likeness (QED) is 0.594. The maximum atomic E-state index is 12.8. The molecule has 0 atom stereocenters. The van der Waals surface area contributed by atoms with Gasteiger partial charge in [-0.2, -0.15) is 0 Å². The fraction of sp³-hybridized carbons (Fsp3) is 0.417. The van der Waals surface area contributed by atoms with E-state index in [9.17, 15) is 9.59 Å². The van der Waals surface area contributed by atoms with Gasteiger partial charge < -0.3 is 9.64 Å². The number of nitrogens with zero attached hydrogens (tertiary/aromatic N) is 1. The number of aldehydes is 1. The molecule has 0 aliphatic carbocycles. The van der Waals surface area contributed by atoms with E-state index in [0.29, 0.717) is 17.7 Å². The van der Waals surface area contributed by atoms with Crippen molar-refractivity contribution >= 4 is 12.2 Å². The number of hydrogen-bond donors (Lipinski definition) is 0. The molecule has 0 saturated heterocycles. The van der Waals surface area contributed by atoms with Crippen molar-refractivity contribution in [2.75, 3.05) is 13.6 Å². The summed E-state index contributed by atoms with van der Waals surface area (Å²) in [6, 6.07) is 14.9. The normalized spacial score (nSPS) is 11.8. The molecule has 0 heterocycles. The van der Waals surface area contributed by atoms with Crippen LogP contribution in [0.5, 0.6) is 5.75 Å². The van der Waals surface area contributed by atoms with E-state index in [1.165, 1.54) is 5.56 Å². The molecule has 28 heavy (non-hydrogen) atoms. The summed E-state index contributed by atoms with van der Waals surface area (Å²) in [4.78, 5) is 25.7. The van der Waals surface area contributed by atoms with Crippen LogP contribution in [0.2, 0.25) is 0 Å². The third kappa shape index (κ3) is 5.95. The van der Waals surface area contributed by atoms with Crippen molar-refractivity contribution in [2.45, 2.75) is 46.6 Å². The molecule has 1 amide bonds. The van der Waals surface area contributed by atoms with Gasteiger partial charge in [-0.15, -0.1) is 0 Å². The van der Waals surface area contributed by atoms with Crippen LogP contribution in [0.25, 0.3) is 0 Å². The molecule has 0 aliphatic heterocycles. The van der Waals surface area contributed by atoms with Crippen LogP contribution in [-0.4, -0.2) is 36.3 Å². The van der Waals surface area contributed by atoms with Gasteiger partial charge in [0.05, 0.1) is 5.56 Å². The van der Waals surface area contributed by atoms with Gasteiger partial charge in [0.15, 0.2) is 6.29 Å². The Hall–Kier alpha value is -2.62. The SMILES string of the molecule is Cc1ccc(OC(C)(C)CC(C)(C)CN(C)C(=O)c2ccccc2C=O)cc1. The lowest BCUT2D eigenvalue weighted by Crippen LogP contribution is -2.42. The molecule has 0 saturated carbocycles. The summed E-state index contributed by atoms with van der Waals surface area (Å²) in [7, 11) is 1.78. The summed E-state index contributed by atoms with van der Waals surface area (Å²) in [6.07, 6.45) is 1.49. The van der Waals surface area contributed by atoms with Gasteiger partial charge >= 0.3 is 0 Å². The van der Waals surface area contributed by atoms with Gasteiger partial charge in [0, 0.05) is 19.2 Å². The zero-order chi connectivity index (χ0) is 20.9. The maximum Gasteiger partial charge on any atom is 0.254 e. The maximum absolute atomic E-state index is 12.8. The van der Waals surface area contributed by atoms with Gasteiger partial charge in [-0.3, -0.25) is 9.59 Å². The molecule has 2 rings (SSSR count). The number of rotatable bonds is 8. The van der Waals surface area contributed by atoms with Gasteiger partial charge in [0.1, 0.15) is 11.4 Å². The Morgan fingerprint density at radius 1 is 1.04 bits per heavy atom. The summed E-state index contributed by atoms with van der Waals surface area (Å²) in [6.45, 7) is 11.0. The highest BCUT2D eigenvalue weighted by molar-refractivity contribution is 6.01. The van der Waals surface area contributed by atoms with Gasteiger partial charge in [-0.25, -0.2) is 0 Å². The summed E-state index contributed by atoms with van der Waals surface area (Å²) in [5, 5.41) is 0. The highest BCUT2D eigenvalue weighted by Gasteiger charge is 2.32. The Kier molecular flexibility index (Phi) is 6.65. The average molecular weight is 382 g/mol. The largest absolute Gasteiger partial charge is 0.488 e. The smallest absolute Gasteiger partial charge is 0.254 e. The predicted octanol–water partition coefficient (Wildman–Crippen LogP) is 5.15. The summed E-state index contributed by atoms with van der Waals surface area (Å²) < 4.78 is 6.21. The Morgan fingerprint density at radius 2 is 1.64 bits per heavy atom. The molecule has 0 aromatic heterocycles. The van der Waals surface area contributed by atoms with E-state index < -0.39 is 0 Å². The Balaban J connectivity index is 2.05. The van der Waals surface area contributed by atoms with E-state index in [0.717, 1.165) is 18.5 Å². The van der Waals surface area contributed by atoms with E-state index in [1.54, 1.807) is 36.2 Å². The number of aryl methyl sites for hydroxylation is 1. The van der Waals surface area contributed by atoms with Crippen molar-refractivity contribution in [3.05, 3.63) is 65.2 Å². The lowest BCUT2D eigenvalue weighted by atomic mass is 9.81. The minimum absolute atomic E-state index is 0.145. The van der Waals surface area contributed by atoms with Gasteiger partial charge in [0.25, 0.3) is 5.91 Å². The topological polar surface area (TPSA) is 46.6 Å². The highest BCUT2D eigenvalue weighted by Crippen LogP contribution is 2.32. The van der Waals surface area contributed by atoms with Crippen LogP contribution in [0, 0.1) is 12.3 Å². The van der Waals surface area contributed by atoms with Gasteiger partial charge in [0.2, 0.25) is 0 Å². The number of carbonyl (C=O) groups is 2. The highest BCUT2D eigenvalue weighted by atomic mass is 16.5. The Labute approximate surface area is 168 Å². The van der Waals surface area contributed by atoms with E-state index in [4.69, 9.17) is 4.74 Å². The second-order valence-corrected chi connectivity index (χ2v) is 8.88. The summed E-state index contributed by atoms with van der Waals surface area (Å²) >= 11 is 0. The first-order valence-corrected chi connectivity index (χ1v) is 9.58. The molecule has 0 radical (unpaired) electrons. The third-order valence-corrected chi connectivity index (χ3v) is 4.65. The summed E-state index contributed by atoms with van der Waals surface area (Å²) in [5.74, 6) is 0.698. The van der Waals surface area contributed by atoms with Gasteiger partial charge in [-0.1, -0.05) is 49.7 Å². The first-order chi connectivity index (χ1) is 13.0. The lowest BCUT2D eigenvalue weighted by molar-refractivity contribution is 0.0394. The second kappa shape index (κ2) is 8.59. The Morgan fingerprint density at radius 3 is 2.25 bits per heavy atom. The van der Waals surface area contributed by atoms with Crippen molar-refractivity contribution in [1.82, 2.24) is 4.90 Å². The van der Waals surface area contributed by atoms with Crippen LogP contribution in [0.1, 0.15) is 60.4 Å². The van der Waals surface area contributed by atoms with Crippen molar-refractivity contribution in [3.8, 4) is 5.75 Å². The number of carbonyl (C=O) groups excluding carboxylic acids is 2. The molecule has 4 heteroatoms. The number of ether oxygens (including phenoxy) is 1. The van der Waals surface area contributed by atoms with Crippen molar-refractivity contribution in [1.29, 1.82) is 0 Å². The lowest BCUT2D eigenvalue weighted by Gasteiger charge is -2.37. The zero-order valence-corrected chi connectivity index (χ0v) is 17.8. The molecule has 2 aromatic carbocycles. The van der Waals surface area contributed by atoms with E-state index in [1.807, 2.05) is 31.2 Å². The number of hydrogen-bond acceptors (Lipinski definition) is 3. The van der Waals surface area contributed by atoms with Crippen LogP contribution in [-0.2, 0) is 0 Å².